The topological polar surface area (TPSA) is 68.2 Å². The number of fused-ring (bicyclic) bond motifs is 1. The van der Waals surface area contributed by atoms with Gasteiger partial charge >= 0.3 is 0 Å². The Hall–Kier alpha value is -2.38. The summed E-state index contributed by atoms with van der Waals surface area (Å²) in [5, 5.41) is 4.17. The van der Waals surface area contributed by atoms with Crippen LogP contribution in [-0.4, -0.2) is 14.6 Å². The van der Waals surface area contributed by atoms with Crippen LogP contribution in [0, 0.1) is 11.6 Å². The molecule has 0 saturated heterocycles. The van der Waals surface area contributed by atoms with E-state index in [1.807, 2.05) is 0 Å². The summed E-state index contributed by atoms with van der Waals surface area (Å²) in [6, 6.07) is 3.15. The summed E-state index contributed by atoms with van der Waals surface area (Å²) in [4.78, 5) is 4.02. The van der Waals surface area contributed by atoms with E-state index in [1.165, 1.54) is 6.07 Å². The molecule has 0 aliphatic heterocycles. The molecule has 1 atom stereocenters. The number of rotatable bonds is 3. The van der Waals surface area contributed by atoms with E-state index in [-0.39, 0.29) is 0 Å². The van der Waals surface area contributed by atoms with Crippen LogP contribution < -0.4 is 11.3 Å². The van der Waals surface area contributed by atoms with Gasteiger partial charge in [-0.15, -0.1) is 0 Å². The number of hydrazine groups is 1. The molecule has 0 bridgehead atoms. The van der Waals surface area contributed by atoms with Gasteiger partial charge in [0.15, 0.2) is 11.6 Å². The van der Waals surface area contributed by atoms with Crippen LogP contribution in [0.2, 0.25) is 0 Å². The minimum Gasteiger partial charge on any atom is -0.271 e. The first-order valence-electron chi connectivity index (χ1n) is 5.89. The molecule has 3 N–H and O–H groups in total. The number of benzene rings is 1. The Morgan fingerprint density at radius 1 is 1.20 bits per heavy atom. The highest BCUT2D eigenvalue weighted by molar-refractivity contribution is 5.55. The summed E-state index contributed by atoms with van der Waals surface area (Å²) >= 11 is 0. The third-order valence-electron chi connectivity index (χ3n) is 3.11. The van der Waals surface area contributed by atoms with Crippen molar-refractivity contribution in [2.75, 3.05) is 0 Å². The van der Waals surface area contributed by atoms with Crippen molar-refractivity contribution >= 4 is 5.52 Å². The SMILES string of the molecule is NNC(c1ccc(F)c(F)c1)c1cnn2ccncc12. The fraction of sp³-hybridized carbons (Fsp3) is 0.0769. The highest BCUT2D eigenvalue weighted by Crippen LogP contribution is 2.25. The lowest BCUT2D eigenvalue weighted by molar-refractivity contribution is 0.504. The molecule has 0 aliphatic rings. The summed E-state index contributed by atoms with van der Waals surface area (Å²) in [7, 11) is 0. The second-order valence-electron chi connectivity index (χ2n) is 4.28. The third-order valence-corrected chi connectivity index (χ3v) is 3.11. The van der Waals surface area contributed by atoms with Gasteiger partial charge in [0.25, 0.3) is 0 Å². The molecule has 0 fully saturated rings. The lowest BCUT2D eigenvalue weighted by Crippen LogP contribution is -2.28. The second-order valence-corrected chi connectivity index (χ2v) is 4.28. The van der Waals surface area contributed by atoms with Crippen molar-refractivity contribution in [2.24, 2.45) is 5.84 Å². The van der Waals surface area contributed by atoms with Crippen LogP contribution in [0.4, 0.5) is 8.78 Å². The first-order valence-corrected chi connectivity index (χ1v) is 5.89. The number of hydrogen-bond acceptors (Lipinski definition) is 4. The largest absolute Gasteiger partial charge is 0.271 e. The zero-order chi connectivity index (χ0) is 14.1. The van der Waals surface area contributed by atoms with Crippen LogP contribution in [0.15, 0.2) is 43.0 Å². The molecule has 7 heteroatoms. The molecule has 102 valence electrons. The molecule has 0 radical (unpaired) electrons. The van der Waals surface area contributed by atoms with Crippen molar-refractivity contribution in [3.8, 4) is 0 Å². The average molecular weight is 275 g/mol. The molecule has 20 heavy (non-hydrogen) atoms. The van der Waals surface area contributed by atoms with Crippen molar-refractivity contribution in [1.29, 1.82) is 0 Å². The molecule has 2 heterocycles. The summed E-state index contributed by atoms with van der Waals surface area (Å²) < 4.78 is 28.0. The molecular weight excluding hydrogens is 264 g/mol. The molecule has 0 aliphatic carbocycles. The first kappa shape index (κ1) is 12.6. The maximum absolute atomic E-state index is 13.4. The van der Waals surface area contributed by atoms with Gasteiger partial charge < -0.3 is 0 Å². The summed E-state index contributed by atoms with van der Waals surface area (Å²) in [6.45, 7) is 0. The Labute approximate surface area is 113 Å². The minimum atomic E-state index is -0.919. The Morgan fingerprint density at radius 3 is 2.80 bits per heavy atom. The van der Waals surface area contributed by atoms with Crippen LogP contribution in [-0.2, 0) is 0 Å². The molecule has 3 rings (SSSR count). The number of hydrogen-bond donors (Lipinski definition) is 2. The molecule has 1 unspecified atom stereocenters. The van der Waals surface area contributed by atoms with Crippen LogP contribution in [0.25, 0.3) is 5.52 Å². The van der Waals surface area contributed by atoms with Crippen LogP contribution >= 0.6 is 0 Å². The second kappa shape index (κ2) is 4.95. The van der Waals surface area contributed by atoms with Gasteiger partial charge in [0.1, 0.15) is 0 Å². The van der Waals surface area contributed by atoms with E-state index in [0.717, 1.165) is 23.2 Å². The van der Waals surface area contributed by atoms with E-state index in [0.29, 0.717) is 5.56 Å². The van der Waals surface area contributed by atoms with E-state index in [1.54, 1.807) is 29.3 Å². The molecule has 1 aromatic carbocycles. The quantitative estimate of drug-likeness (QED) is 0.562. The fourth-order valence-corrected chi connectivity index (χ4v) is 2.13. The van der Waals surface area contributed by atoms with Crippen molar-refractivity contribution in [3.05, 3.63) is 65.7 Å². The van der Waals surface area contributed by atoms with E-state index >= 15 is 0 Å². The standard InChI is InChI=1S/C13H11F2N5/c14-10-2-1-8(5-11(10)15)13(19-16)9-6-18-20-4-3-17-7-12(9)20/h1-7,13,19H,16H2. The minimum absolute atomic E-state index is 0.505. The van der Waals surface area contributed by atoms with Crippen molar-refractivity contribution in [1.82, 2.24) is 20.0 Å². The van der Waals surface area contributed by atoms with Crippen LogP contribution in [0.1, 0.15) is 17.2 Å². The van der Waals surface area contributed by atoms with Gasteiger partial charge in [-0.3, -0.25) is 10.8 Å². The van der Waals surface area contributed by atoms with Crippen LogP contribution in [0.3, 0.4) is 0 Å². The predicted octanol–water partition coefficient (Wildman–Crippen LogP) is 1.56. The third kappa shape index (κ3) is 2.02. The predicted molar refractivity (Wildman–Crippen MR) is 68.5 cm³/mol. The Morgan fingerprint density at radius 2 is 2.05 bits per heavy atom. The zero-order valence-electron chi connectivity index (χ0n) is 10.3. The van der Waals surface area contributed by atoms with Gasteiger partial charge in [0, 0.05) is 18.0 Å². The Balaban J connectivity index is 2.11. The fourth-order valence-electron chi connectivity index (χ4n) is 2.13. The smallest absolute Gasteiger partial charge is 0.159 e. The van der Waals surface area contributed by atoms with Crippen molar-refractivity contribution < 1.29 is 8.78 Å². The highest BCUT2D eigenvalue weighted by Gasteiger charge is 2.18. The van der Waals surface area contributed by atoms with Crippen LogP contribution in [0.5, 0.6) is 0 Å². The first-order chi connectivity index (χ1) is 9.70. The molecule has 2 aromatic heterocycles. The van der Waals surface area contributed by atoms with Gasteiger partial charge in [0.2, 0.25) is 0 Å². The summed E-state index contributed by atoms with van der Waals surface area (Å²) in [6.07, 6.45) is 6.54. The molecule has 0 amide bonds. The number of nitrogens with two attached hydrogens (primary N) is 1. The number of aromatic nitrogens is 3. The number of nitrogens with one attached hydrogen (secondary N) is 1. The Bertz CT molecular complexity index is 755. The maximum atomic E-state index is 13.4. The maximum Gasteiger partial charge on any atom is 0.159 e. The number of nitrogens with zero attached hydrogens (tertiary/aromatic N) is 3. The molecule has 0 spiro atoms. The molecule has 0 saturated carbocycles. The van der Waals surface area contributed by atoms with E-state index in [4.69, 9.17) is 5.84 Å². The van der Waals surface area contributed by atoms with E-state index in [2.05, 4.69) is 15.5 Å². The van der Waals surface area contributed by atoms with Gasteiger partial charge in [-0.2, -0.15) is 5.10 Å². The van der Waals surface area contributed by atoms with Gasteiger partial charge in [-0.1, -0.05) is 6.07 Å². The molecule has 3 aromatic rings. The molecular formula is C13H11F2N5. The normalized spacial score (nSPS) is 12.8. The van der Waals surface area contributed by atoms with Gasteiger partial charge in [0.05, 0.1) is 24.0 Å². The highest BCUT2D eigenvalue weighted by atomic mass is 19.2. The van der Waals surface area contributed by atoms with Crippen molar-refractivity contribution in [2.45, 2.75) is 6.04 Å². The monoisotopic (exact) mass is 275 g/mol. The van der Waals surface area contributed by atoms with E-state index < -0.39 is 17.7 Å². The lowest BCUT2D eigenvalue weighted by Gasteiger charge is -2.15. The van der Waals surface area contributed by atoms with Gasteiger partial charge in [-0.25, -0.2) is 18.7 Å². The van der Waals surface area contributed by atoms with Gasteiger partial charge in [-0.05, 0) is 17.7 Å². The number of halogens is 2. The Kier molecular flexibility index (Phi) is 3.13. The summed E-state index contributed by atoms with van der Waals surface area (Å²) in [5.74, 6) is 3.74. The average Bonchev–Trinajstić information content (AvgIpc) is 2.88. The zero-order valence-corrected chi connectivity index (χ0v) is 10.3. The van der Waals surface area contributed by atoms with Crippen molar-refractivity contribution in [3.63, 3.8) is 0 Å². The summed E-state index contributed by atoms with van der Waals surface area (Å²) in [5.41, 5.74) is 4.56. The van der Waals surface area contributed by atoms with E-state index in [9.17, 15) is 8.78 Å². The molecule has 5 nitrogen and oxygen atoms in total. The lowest BCUT2D eigenvalue weighted by atomic mass is 10.0.